The lowest BCUT2D eigenvalue weighted by Crippen LogP contribution is -2.11. The fourth-order valence-electron chi connectivity index (χ4n) is 3.14. The van der Waals surface area contributed by atoms with Gasteiger partial charge in [-0.3, -0.25) is 0 Å². The quantitative estimate of drug-likeness (QED) is 0.933. The van der Waals surface area contributed by atoms with E-state index < -0.39 is 5.97 Å². The lowest BCUT2D eigenvalue weighted by atomic mass is 9.85. The number of hydrogen-bond acceptors (Lipinski definition) is 2. The van der Waals surface area contributed by atoms with Gasteiger partial charge >= 0.3 is 5.97 Å². The summed E-state index contributed by atoms with van der Waals surface area (Å²) in [6, 6.07) is 14.0. The number of carbonyl (C=O) groups is 1. The molecule has 2 aromatic carbocycles. The summed E-state index contributed by atoms with van der Waals surface area (Å²) in [4.78, 5) is 13.4. The summed E-state index contributed by atoms with van der Waals surface area (Å²) >= 11 is 0. The average Bonchev–Trinajstić information content (AvgIpc) is 2.53. The van der Waals surface area contributed by atoms with Crippen LogP contribution in [0.2, 0.25) is 0 Å². The summed E-state index contributed by atoms with van der Waals surface area (Å²) in [5, 5.41) is 9.26. The molecule has 0 radical (unpaired) electrons. The van der Waals surface area contributed by atoms with Gasteiger partial charge in [-0.15, -0.1) is 0 Å². The normalized spacial score (nSPS) is 13.6. The van der Waals surface area contributed by atoms with Crippen LogP contribution in [-0.4, -0.2) is 30.1 Å². The van der Waals surface area contributed by atoms with Gasteiger partial charge in [0.25, 0.3) is 0 Å². The predicted molar refractivity (Wildman–Crippen MR) is 92.6 cm³/mol. The van der Waals surface area contributed by atoms with Gasteiger partial charge in [0, 0.05) is 6.54 Å². The van der Waals surface area contributed by atoms with Gasteiger partial charge in [0.15, 0.2) is 0 Å². The van der Waals surface area contributed by atoms with E-state index in [1.165, 1.54) is 11.1 Å². The summed E-state index contributed by atoms with van der Waals surface area (Å²) in [5.41, 5.74) is 6.20. The van der Waals surface area contributed by atoms with Crippen molar-refractivity contribution in [3.63, 3.8) is 0 Å². The summed E-state index contributed by atoms with van der Waals surface area (Å²) in [6.07, 6.45) is 4.19. The molecule has 23 heavy (non-hydrogen) atoms. The maximum atomic E-state index is 11.3. The Morgan fingerprint density at radius 1 is 1.17 bits per heavy atom. The van der Waals surface area contributed by atoms with Gasteiger partial charge in [-0.25, -0.2) is 4.79 Å². The third kappa shape index (κ3) is 3.35. The van der Waals surface area contributed by atoms with Gasteiger partial charge in [-0.1, -0.05) is 30.3 Å². The zero-order valence-electron chi connectivity index (χ0n) is 13.5. The Balaban J connectivity index is 2.03. The fraction of sp³-hybridized carbons (Fsp3) is 0.250. The minimum atomic E-state index is -0.876. The summed E-state index contributed by atoms with van der Waals surface area (Å²) in [7, 11) is 4.11. The van der Waals surface area contributed by atoms with Crippen molar-refractivity contribution in [2.24, 2.45) is 0 Å². The first-order valence-corrected chi connectivity index (χ1v) is 7.85. The van der Waals surface area contributed by atoms with Crippen molar-refractivity contribution in [3.8, 4) is 0 Å². The Morgan fingerprint density at radius 2 is 2.00 bits per heavy atom. The molecule has 0 aliphatic heterocycles. The van der Waals surface area contributed by atoms with E-state index in [1.54, 1.807) is 12.1 Å². The molecule has 0 unspecified atom stereocenters. The molecule has 2 aromatic rings. The van der Waals surface area contributed by atoms with E-state index in [0.717, 1.165) is 36.1 Å². The second-order valence-corrected chi connectivity index (χ2v) is 6.27. The number of rotatable bonds is 4. The summed E-state index contributed by atoms with van der Waals surface area (Å²) < 4.78 is 0. The topological polar surface area (TPSA) is 40.5 Å². The van der Waals surface area contributed by atoms with E-state index in [9.17, 15) is 9.90 Å². The van der Waals surface area contributed by atoms with Crippen molar-refractivity contribution in [2.75, 3.05) is 14.1 Å². The number of allylic oxidation sites excluding steroid dienone is 1. The van der Waals surface area contributed by atoms with Crippen molar-refractivity contribution >= 4 is 11.5 Å². The molecule has 118 valence electrons. The number of carboxylic acids is 1. The van der Waals surface area contributed by atoms with E-state index >= 15 is 0 Å². The number of benzene rings is 2. The molecular formula is C20H21NO2. The van der Waals surface area contributed by atoms with Crippen LogP contribution in [0.25, 0.3) is 5.57 Å². The van der Waals surface area contributed by atoms with Gasteiger partial charge in [0.1, 0.15) is 0 Å². The zero-order valence-corrected chi connectivity index (χ0v) is 13.5. The molecule has 3 rings (SSSR count). The van der Waals surface area contributed by atoms with Crippen LogP contribution in [-0.2, 0) is 13.0 Å². The number of nitrogens with zero attached hydrogens (tertiary/aromatic N) is 1. The average molecular weight is 307 g/mol. The number of carboxylic acid groups (broad SMARTS) is 1. The van der Waals surface area contributed by atoms with Crippen LogP contribution < -0.4 is 0 Å². The third-order valence-electron chi connectivity index (χ3n) is 4.15. The van der Waals surface area contributed by atoms with E-state index in [0.29, 0.717) is 5.56 Å². The largest absolute Gasteiger partial charge is 0.478 e. The second kappa shape index (κ2) is 6.39. The van der Waals surface area contributed by atoms with Crippen LogP contribution in [0, 0.1) is 0 Å². The summed E-state index contributed by atoms with van der Waals surface area (Å²) in [6.45, 7) is 0.892. The van der Waals surface area contributed by atoms with Crippen LogP contribution in [0.4, 0.5) is 0 Å². The Bertz CT molecular complexity index is 775. The lowest BCUT2D eigenvalue weighted by molar-refractivity contribution is 0.0697. The highest BCUT2D eigenvalue weighted by molar-refractivity contribution is 5.91. The molecule has 0 atom stereocenters. The van der Waals surface area contributed by atoms with E-state index in [-0.39, 0.29) is 0 Å². The van der Waals surface area contributed by atoms with Crippen LogP contribution in [0.1, 0.15) is 39.0 Å². The third-order valence-corrected chi connectivity index (χ3v) is 4.15. The Kier molecular flexibility index (Phi) is 4.30. The fourth-order valence-corrected chi connectivity index (χ4v) is 3.14. The van der Waals surface area contributed by atoms with Crippen molar-refractivity contribution in [1.82, 2.24) is 4.90 Å². The minimum Gasteiger partial charge on any atom is -0.478 e. The van der Waals surface area contributed by atoms with Gasteiger partial charge in [-0.05, 0) is 73.0 Å². The maximum absolute atomic E-state index is 11.3. The molecule has 0 saturated heterocycles. The molecule has 0 saturated carbocycles. The summed E-state index contributed by atoms with van der Waals surface area (Å²) in [5.74, 6) is -0.876. The number of fused-ring (bicyclic) bond motifs is 1. The second-order valence-electron chi connectivity index (χ2n) is 6.27. The monoisotopic (exact) mass is 307 g/mol. The highest BCUT2D eigenvalue weighted by atomic mass is 16.4. The maximum Gasteiger partial charge on any atom is 0.335 e. The standard InChI is InChI=1S/C20H21NO2/c1-21(2)13-14-5-3-7-16(11-14)18-8-4-6-15-9-10-17(20(22)23)12-19(15)18/h3,5,7-12H,4,6,13H2,1-2H3,(H,22,23). The minimum absolute atomic E-state index is 0.348. The molecule has 0 spiro atoms. The van der Waals surface area contributed by atoms with Crippen LogP contribution >= 0.6 is 0 Å². The predicted octanol–water partition coefficient (Wildman–Crippen LogP) is 3.82. The molecule has 1 N–H and O–H groups in total. The highest BCUT2D eigenvalue weighted by Crippen LogP contribution is 2.32. The molecular weight excluding hydrogens is 286 g/mol. The van der Waals surface area contributed by atoms with Crippen molar-refractivity contribution < 1.29 is 9.90 Å². The Hall–Kier alpha value is -2.39. The first-order chi connectivity index (χ1) is 11.0. The first-order valence-electron chi connectivity index (χ1n) is 7.85. The van der Waals surface area contributed by atoms with Gasteiger partial charge in [-0.2, -0.15) is 0 Å². The molecule has 0 fully saturated rings. The number of aromatic carboxylic acids is 1. The molecule has 3 heteroatoms. The first kappa shape index (κ1) is 15.5. The number of aryl methyl sites for hydroxylation is 1. The van der Waals surface area contributed by atoms with Crippen LogP contribution in [0.5, 0.6) is 0 Å². The van der Waals surface area contributed by atoms with Crippen molar-refractivity contribution in [3.05, 3.63) is 76.4 Å². The van der Waals surface area contributed by atoms with Crippen molar-refractivity contribution in [2.45, 2.75) is 19.4 Å². The number of hydrogen-bond donors (Lipinski definition) is 1. The van der Waals surface area contributed by atoms with Crippen molar-refractivity contribution in [1.29, 1.82) is 0 Å². The SMILES string of the molecule is CN(C)Cc1cccc(C2=CCCc3ccc(C(=O)O)cc32)c1. The van der Waals surface area contributed by atoms with Crippen LogP contribution in [0.3, 0.4) is 0 Å². The molecule has 3 nitrogen and oxygen atoms in total. The highest BCUT2D eigenvalue weighted by Gasteiger charge is 2.16. The van der Waals surface area contributed by atoms with Crippen LogP contribution in [0.15, 0.2) is 48.5 Å². The molecule has 1 aliphatic rings. The Morgan fingerprint density at radius 3 is 2.74 bits per heavy atom. The lowest BCUT2D eigenvalue weighted by Gasteiger charge is -2.20. The van der Waals surface area contributed by atoms with Gasteiger partial charge < -0.3 is 10.0 Å². The van der Waals surface area contributed by atoms with E-state index in [1.807, 2.05) is 6.07 Å². The van der Waals surface area contributed by atoms with E-state index in [2.05, 4.69) is 49.3 Å². The zero-order chi connectivity index (χ0) is 16.4. The molecule has 0 bridgehead atoms. The van der Waals surface area contributed by atoms with E-state index in [4.69, 9.17) is 0 Å². The molecule has 0 aromatic heterocycles. The Labute approximate surface area is 136 Å². The molecule has 0 amide bonds. The molecule has 1 aliphatic carbocycles. The van der Waals surface area contributed by atoms with Gasteiger partial charge in [0.2, 0.25) is 0 Å². The smallest absolute Gasteiger partial charge is 0.335 e. The molecule has 0 heterocycles. The van der Waals surface area contributed by atoms with Gasteiger partial charge in [0.05, 0.1) is 5.56 Å².